The molecule has 0 radical (unpaired) electrons. The van der Waals surface area contributed by atoms with Gasteiger partial charge in [-0.3, -0.25) is 9.59 Å². The number of hydrogen-bond acceptors (Lipinski definition) is 22. The highest BCUT2D eigenvalue weighted by Crippen LogP contribution is 2.41. The zero-order valence-electron chi connectivity index (χ0n) is 64.5. The predicted octanol–water partition coefficient (Wildman–Crippen LogP) is 11.2. The van der Waals surface area contributed by atoms with Crippen LogP contribution in [0.4, 0.5) is 35.3 Å². The summed E-state index contributed by atoms with van der Waals surface area (Å²) in [6.07, 6.45) is 2.29. The Bertz CT molecular complexity index is 5090. The molecule has 0 atom stereocenters. The van der Waals surface area contributed by atoms with Gasteiger partial charge in [0, 0.05) is 179 Å². The first kappa shape index (κ1) is 77.4. The second kappa shape index (κ2) is 35.7. The van der Waals surface area contributed by atoms with Crippen LogP contribution in [-0.4, -0.2) is 224 Å². The SMILES string of the molecule is COc1cc2c(N3CCN(C(=O)c4ccccc4)CC3)nc(N(C)C)nc2cc1OCc1ccccc1.COc1cc2c(N3CCN(C(=O)c4ccccc4)CC3)nc(N3CCCC3)nc2cc1OCc1ccccc1.COc1cc2c(N3CCN(S(=O)(=O)N(C)C)CC3)nc(N(C)C)nc2cc1OCc1ccccc1. The van der Waals surface area contributed by atoms with Gasteiger partial charge in [0.05, 0.1) is 37.9 Å². The number of nitrogens with zero attached hydrogens (tertiary/aromatic N) is 16. The monoisotopic (exact) mass is 1520 g/mol. The normalized spacial score (nSPS) is 14.7. The summed E-state index contributed by atoms with van der Waals surface area (Å²) >= 11 is 0. The van der Waals surface area contributed by atoms with Gasteiger partial charge in [-0.2, -0.15) is 32.0 Å². The topological polar surface area (TPSA) is 233 Å². The van der Waals surface area contributed by atoms with E-state index in [1.807, 2.05) is 236 Å². The Kier molecular flexibility index (Phi) is 24.9. The van der Waals surface area contributed by atoms with E-state index in [4.69, 9.17) is 58.3 Å². The molecule has 0 N–H and O–H groups in total. The molecule has 4 fully saturated rings. The van der Waals surface area contributed by atoms with Crippen molar-refractivity contribution in [2.45, 2.75) is 32.7 Å². The molecule has 4 aliphatic rings. The molecule has 11 aromatic rings. The number of hydrogen-bond donors (Lipinski definition) is 0. The molecule has 8 aromatic carbocycles. The van der Waals surface area contributed by atoms with Crippen LogP contribution in [0.15, 0.2) is 188 Å². The first-order valence-corrected chi connectivity index (χ1v) is 38.7. The number of aromatic nitrogens is 6. The lowest BCUT2D eigenvalue weighted by Crippen LogP contribution is -2.52. The van der Waals surface area contributed by atoms with Gasteiger partial charge in [0.2, 0.25) is 17.8 Å². The zero-order valence-corrected chi connectivity index (χ0v) is 65.3. The minimum atomic E-state index is -3.45. The summed E-state index contributed by atoms with van der Waals surface area (Å²) in [5.41, 5.74) is 6.99. The number of rotatable bonds is 22. The van der Waals surface area contributed by atoms with Crippen molar-refractivity contribution in [3.05, 3.63) is 216 Å². The van der Waals surface area contributed by atoms with Crippen molar-refractivity contribution < 1.29 is 46.4 Å². The summed E-state index contributed by atoms with van der Waals surface area (Å²) in [4.78, 5) is 71.6. The molecule has 15 rings (SSSR count). The Balaban J connectivity index is 0.000000146. The average molecular weight is 1520 g/mol. The van der Waals surface area contributed by atoms with Gasteiger partial charge in [-0.1, -0.05) is 127 Å². The Labute approximate surface area is 649 Å². The fourth-order valence-corrected chi connectivity index (χ4v) is 14.7. The Morgan fingerprint density at radius 3 is 1.00 bits per heavy atom. The second-order valence-corrected chi connectivity index (χ2v) is 30.0. The van der Waals surface area contributed by atoms with E-state index in [0.717, 1.165) is 104 Å². The van der Waals surface area contributed by atoms with Gasteiger partial charge in [0.25, 0.3) is 22.0 Å². The number of anilines is 6. The standard InChI is InChI=1S/C31H33N5O3.C29H31N5O3.C24H32N6O4S/c1-38-27-20-25-26(21-28(27)39-22-23-10-4-2-5-11-23)32-31(36-14-8-9-15-36)33-29(25)34-16-18-35(19-17-34)30(37)24-12-6-3-7-13-24;1-32(2)29-30-24-19-26(37-20-21-10-6-4-7-11-21)25(36-3)18-23(24)27(31-29)33-14-16-34(17-15-33)28(35)22-12-8-5-9-13-22;1-27(2)24-25-20-16-22(34-17-18-9-7-6-8-10-18)21(33-5)15-19(20)23(26-24)29-11-13-30(14-12-29)35(31,32)28(3)4/h2-7,10-13,20-21H,8-9,14-19,22H2,1H3;4-13,18-19H,14-17,20H2,1-3H3;6-10,15-16H,11-14,17H2,1-5H3. The first-order chi connectivity index (χ1) is 53.9. The Hall–Kier alpha value is -11.8. The van der Waals surface area contributed by atoms with E-state index in [2.05, 4.69) is 19.6 Å². The van der Waals surface area contributed by atoms with Gasteiger partial charge in [-0.05, 0) is 72.0 Å². The van der Waals surface area contributed by atoms with Crippen molar-refractivity contribution in [3.8, 4) is 34.5 Å². The Morgan fingerprint density at radius 2 is 0.676 bits per heavy atom. The summed E-state index contributed by atoms with van der Waals surface area (Å²) in [7, 11) is 12.2. The van der Waals surface area contributed by atoms with Gasteiger partial charge in [-0.25, -0.2) is 15.0 Å². The molecule has 0 unspecified atom stereocenters. The van der Waals surface area contributed by atoms with Crippen LogP contribution in [-0.2, 0) is 30.0 Å². The molecule has 27 heteroatoms. The molecule has 2 amide bonds. The van der Waals surface area contributed by atoms with Crippen molar-refractivity contribution in [1.29, 1.82) is 0 Å². The largest absolute Gasteiger partial charge is 0.493 e. The number of benzene rings is 8. The number of carbonyl (C=O) groups is 2. The fourth-order valence-electron chi connectivity index (χ4n) is 13.7. The van der Waals surface area contributed by atoms with Crippen molar-refractivity contribution in [1.82, 2.24) is 48.3 Å². The third-order valence-corrected chi connectivity index (χ3v) is 21.8. The van der Waals surface area contributed by atoms with Crippen LogP contribution in [0.25, 0.3) is 32.7 Å². The minimum absolute atomic E-state index is 0.0589. The Morgan fingerprint density at radius 1 is 0.360 bits per heavy atom. The smallest absolute Gasteiger partial charge is 0.281 e. The maximum atomic E-state index is 13.0. The zero-order chi connectivity index (χ0) is 77.5. The van der Waals surface area contributed by atoms with Crippen LogP contribution in [0.3, 0.4) is 0 Å². The molecular weight excluding hydrogens is 1430 g/mol. The van der Waals surface area contributed by atoms with E-state index < -0.39 is 10.2 Å². The number of carbonyl (C=O) groups excluding carboxylic acids is 2. The molecule has 4 saturated heterocycles. The molecule has 578 valence electrons. The summed E-state index contributed by atoms with van der Waals surface area (Å²) < 4.78 is 63.3. The number of amides is 2. The molecular formula is C84H96N16O10S. The summed E-state index contributed by atoms with van der Waals surface area (Å²) in [6, 6.07) is 60.6. The third-order valence-electron chi connectivity index (χ3n) is 19.8. The van der Waals surface area contributed by atoms with Gasteiger partial charge in [0.1, 0.15) is 37.3 Å². The van der Waals surface area contributed by atoms with Crippen LogP contribution < -0.4 is 57.8 Å². The van der Waals surface area contributed by atoms with E-state index in [1.165, 1.54) is 8.61 Å². The molecule has 3 aromatic heterocycles. The maximum absolute atomic E-state index is 13.0. The van der Waals surface area contributed by atoms with Crippen molar-refractivity contribution >= 4 is 90.0 Å². The highest BCUT2D eigenvalue weighted by atomic mass is 32.2. The van der Waals surface area contributed by atoms with E-state index in [-0.39, 0.29) is 11.8 Å². The number of methoxy groups -OCH3 is 3. The maximum Gasteiger partial charge on any atom is 0.281 e. The first-order valence-electron chi connectivity index (χ1n) is 37.3. The average Bonchev–Trinajstić information content (AvgIpc) is 1.40. The summed E-state index contributed by atoms with van der Waals surface area (Å²) in [6.45, 7) is 10.2. The lowest BCUT2D eigenvalue weighted by atomic mass is 10.1. The van der Waals surface area contributed by atoms with E-state index in [0.29, 0.717) is 150 Å². The minimum Gasteiger partial charge on any atom is -0.493 e. The van der Waals surface area contributed by atoms with Gasteiger partial charge in [0.15, 0.2) is 34.5 Å². The molecule has 0 aliphatic carbocycles. The highest BCUT2D eigenvalue weighted by molar-refractivity contribution is 7.86. The molecule has 7 heterocycles. The molecule has 0 saturated carbocycles. The fraction of sp³-hybridized carbons (Fsp3) is 0.333. The highest BCUT2D eigenvalue weighted by Gasteiger charge is 2.33. The van der Waals surface area contributed by atoms with E-state index >= 15 is 0 Å². The third kappa shape index (κ3) is 18.4. The van der Waals surface area contributed by atoms with Crippen LogP contribution in [0.2, 0.25) is 0 Å². The van der Waals surface area contributed by atoms with Gasteiger partial charge >= 0.3 is 0 Å². The molecule has 111 heavy (non-hydrogen) atoms. The van der Waals surface area contributed by atoms with E-state index in [1.54, 1.807) is 35.4 Å². The summed E-state index contributed by atoms with van der Waals surface area (Å²) in [5, 5.41) is 2.63. The van der Waals surface area contributed by atoms with Crippen LogP contribution >= 0.6 is 0 Å². The molecule has 26 nitrogen and oxygen atoms in total. The number of fused-ring (bicyclic) bond motifs is 3. The van der Waals surface area contributed by atoms with Crippen LogP contribution in [0.5, 0.6) is 34.5 Å². The van der Waals surface area contributed by atoms with Crippen molar-refractivity contribution in [2.75, 3.05) is 185 Å². The second-order valence-electron chi connectivity index (χ2n) is 27.9. The molecule has 0 spiro atoms. The van der Waals surface area contributed by atoms with Crippen LogP contribution in [0, 0.1) is 0 Å². The van der Waals surface area contributed by atoms with Crippen molar-refractivity contribution in [2.24, 2.45) is 0 Å². The predicted molar refractivity (Wildman–Crippen MR) is 436 cm³/mol. The lowest BCUT2D eigenvalue weighted by molar-refractivity contribution is 0.0739. The molecule has 0 bridgehead atoms. The van der Waals surface area contributed by atoms with Crippen LogP contribution in [0.1, 0.15) is 50.2 Å². The summed E-state index contributed by atoms with van der Waals surface area (Å²) in [5.74, 6) is 8.26. The van der Waals surface area contributed by atoms with Crippen molar-refractivity contribution in [3.63, 3.8) is 0 Å². The quantitative estimate of drug-likeness (QED) is 0.0613. The lowest BCUT2D eigenvalue weighted by Gasteiger charge is -2.36. The number of ether oxygens (including phenoxy) is 6. The van der Waals surface area contributed by atoms with Gasteiger partial charge in [-0.15, -0.1) is 0 Å². The van der Waals surface area contributed by atoms with E-state index in [9.17, 15) is 18.0 Å². The molecule has 4 aliphatic heterocycles. The number of piperazine rings is 3. The van der Waals surface area contributed by atoms with Gasteiger partial charge < -0.3 is 67.6 Å².